The van der Waals surface area contributed by atoms with E-state index >= 15 is 0 Å². The minimum Gasteiger partial charge on any atom is -0.295 e. The Morgan fingerprint density at radius 1 is 1.14 bits per heavy atom. The number of hydrogen-bond donors (Lipinski definition) is 1. The van der Waals surface area contributed by atoms with Gasteiger partial charge in [0.15, 0.2) is 0 Å². The first-order valence-corrected chi connectivity index (χ1v) is 7.50. The second-order valence-electron chi connectivity index (χ2n) is 4.73. The van der Waals surface area contributed by atoms with Crippen molar-refractivity contribution in [2.75, 3.05) is 5.32 Å². The average molecular weight is 357 g/mol. The molecule has 0 aliphatic heterocycles. The summed E-state index contributed by atoms with van der Waals surface area (Å²) in [6, 6.07) is 17.1. The molecule has 0 fully saturated rings. The highest BCUT2D eigenvalue weighted by molar-refractivity contribution is 9.10. The first-order valence-electron chi connectivity index (χ1n) is 6.71. The standard InChI is InChI=1S/C16H13BrN4O/c17-14-8-4-7-13(9-14)15(22)19-16-20-18-11-21(16)10-12-5-2-1-3-6-12/h1-9,11H,10H2,(H,19,20,22). The van der Waals surface area contributed by atoms with Crippen molar-refractivity contribution < 1.29 is 4.79 Å². The zero-order chi connectivity index (χ0) is 15.4. The number of anilines is 1. The Balaban J connectivity index is 1.76. The number of nitrogens with one attached hydrogen (secondary N) is 1. The fourth-order valence-electron chi connectivity index (χ4n) is 2.05. The molecular formula is C16H13BrN4O. The third-order valence-corrected chi connectivity index (χ3v) is 3.62. The number of aromatic nitrogens is 3. The highest BCUT2D eigenvalue weighted by Gasteiger charge is 2.11. The van der Waals surface area contributed by atoms with Crippen molar-refractivity contribution in [3.8, 4) is 0 Å². The van der Waals surface area contributed by atoms with E-state index in [4.69, 9.17) is 0 Å². The van der Waals surface area contributed by atoms with E-state index in [1.54, 1.807) is 23.0 Å². The monoisotopic (exact) mass is 356 g/mol. The zero-order valence-corrected chi connectivity index (χ0v) is 13.2. The maximum absolute atomic E-state index is 12.3. The fourth-order valence-corrected chi connectivity index (χ4v) is 2.45. The first-order chi connectivity index (χ1) is 10.7. The molecule has 2 aromatic carbocycles. The molecule has 0 saturated carbocycles. The number of carbonyl (C=O) groups is 1. The third-order valence-electron chi connectivity index (χ3n) is 3.12. The van der Waals surface area contributed by atoms with Crippen LogP contribution in [0.15, 0.2) is 65.4 Å². The molecule has 0 saturated heterocycles. The van der Waals surface area contributed by atoms with E-state index in [1.807, 2.05) is 42.5 Å². The second kappa shape index (κ2) is 6.53. The van der Waals surface area contributed by atoms with Gasteiger partial charge in [-0.3, -0.25) is 14.7 Å². The van der Waals surface area contributed by atoms with Crippen LogP contribution in [0.4, 0.5) is 5.95 Å². The predicted octanol–water partition coefficient (Wildman–Crippen LogP) is 3.34. The quantitative estimate of drug-likeness (QED) is 0.779. The van der Waals surface area contributed by atoms with Gasteiger partial charge in [0.2, 0.25) is 5.95 Å². The summed E-state index contributed by atoms with van der Waals surface area (Å²) >= 11 is 3.35. The molecule has 0 aliphatic rings. The molecule has 5 nitrogen and oxygen atoms in total. The number of benzene rings is 2. The van der Waals surface area contributed by atoms with E-state index in [0.29, 0.717) is 18.1 Å². The van der Waals surface area contributed by atoms with Crippen molar-refractivity contribution in [2.45, 2.75) is 6.54 Å². The summed E-state index contributed by atoms with van der Waals surface area (Å²) in [5.74, 6) is 0.206. The first kappa shape index (κ1) is 14.5. The van der Waals surface area contributed by atoms with Gasteiger partial charge in [-0.25, -0.2) is 0 Å². The van der Waals surface area contributed by atoms with Gasteiger partial charge < -0.3 is 0 Å². The molecule has 1 heterocycles. The minimum absolute atomic E-state index is 0.219. The van der Waals surface area contributed by atoms with Gasteiger partial charge in [-0.2, -0.15) is 0 Å². The molecule has 22 heavy (non-hydrogen) atoms. The Morgan fingerprint density at radius 3 is 2.73 bits per heavy atom. The SMILES string of the molecule is O=C(Nc1nncn1Cc1ccccc1)c1cccc(Br)c1. The molecule has 0 unspecified atom stereocenters. The molecule has 3 aromatic rings. The maximum atomic E-state index is 12.3. The highest BCUT2D eigenvalue weighted by atomic mass is 79.9. The molecule has 0 atom stereocenters. The molecule has 1 N–H and O–H groups in total. The summed E-state index contributed by atoms with van der Waals surface area (Å²) in [5.41, 5.74) is 1.67. The van der Waals surface area contributed by atoms with Crippen molar-refractivity contribution in [2.24, 2.45) is 0 Å². The van der Waals surface area contributed by atoms with Crippen LogP contribution >= 0.6 is 15.9 Å². The minimum atomic E-state index is -0.219. The summed E-state index contributed by atoms with van der Waals surface area (Å²) in [7, 11) is 0. The lowest BCUT2D eigenvalue weighted by Crippen LogP contribution is -2.16. The third kappa shape index (κ3) is 3.40. The van der Waals surface area contributed by atoms with E-state index in [0.717, 1.165) is 10.0 Å². The van der Waals surface area contributed by atoms with Crippen molar-refractivity contribution >= 4 is 27.8 Å². The summed E-state index contributed by atoms with van der Waals surface area (Å²) in [6.45, 7) is 0.599. The van der Waals surface area contributed by atoms with Crippen LogP contribution in [-0.2, 0) is 6.54 Å². The molecule has 3 rings (SSSR count). The number of rotatable bonds is 4. The molecule has 0 bridgehead atoms. The van der Waals surface area contributed by atoms with Gasteiger partial charge in [-0.15, -0.1) is 10.2 Å². The van der Waals surface area contributed by atoms with Gasteiger partial charge in [-0.05, 0) is 23.8 Å². The van der Waals surface area contributed by atoms with Crippen molar-refractivity contribution in [1.29, 1.82) is 0 Å². The summed E-state index contributed by atoms with van der Waals surface area (Å²) in [4.78, 5) is 12.3. The van der Waals surface area contributed by atoms with Crippen molar-refractivity contribution in [3.05, 3.63) is 76.5 Å². The van der Waals surface area contributed by atoms with Gasteiger partial charge in [0.05, 0.1) is 6.54 Å². The lowest BCUT2D eigenvalue weighted by atomic mass is 10.2. The van der Waals surface area contributed by atoms with Gasteiger partial charge in [-0.1, -0.05) is 52.3 Å². The van der Waals surface area contributed by atoms with E-state index in [1.165, 1.54) is 0 Å². The maximum Gasteiger partial charge on any atom is 0.258 e. The van der Waals surface area contributed by atoms with E-state index in [-0.39, 0.29) is 5.91 Å². The number of halogens is 1. The molecular weight excluding hydrogens is 344 g/mol. The van der Waals surface area contributed by atoms with Crippen molar-refractivity contribution in [1.82, 2.24) is 14.8 Å². The Bertz CT molecular complexity index is 786. The Morgan fingerprint density at radius 2 is 1.95 bits per heavy atom. The fraction of sp³-hybridized carbons (Fsp3) is 0.0625. The van der Waals surface area contributed by atoms with Gasteiger partial charge in [0.1, 0.15) is 6.33 Å². The van der Waals surface area contributed by atoms with Crippen LogP contribution in [0.3, 0.4) is 0 Å². The molecule has 1 amide bonds. The van der Waals surface area contributed by atoms with Gasteiger partial charge >= 0.3 is 0 Å². The molecule has 1 aromatic heterocycles. The van der Waals surface area contributed by atoms with Gasteiger partial charge in [0, 0.05) is 10.0 Å². The Kier molecular flexibility index (Phi) is 4.29. The number of nitrogens with zero attached hydrogens (tertiary/aromatic N) is 3. The molecule has 0 radical (unpaired) electrons. The number of amides is 1. The molecule has 6 heteroatoms. The molecule has 0 aliphatic carbocycles. The van der Waals surface area contributed by atoms with Crippen LogP contribution in [0.25, 0.3) is 0 Å². The Labute approximate surface area is 136 Å². The zero-order valence-electron chi connectivity index (χ0n) is 11.6. The largest absolute Gasteiger partial charge is 0.295 e. The van der Waals surface area contributed by atoms with Crippen molar-refractivity contribution in [3.63, 3.8) is 0 Å². The normalized spacial score (nSPS) is 10.4. The van der Waals surface area contributed by atoms with Gasteiger partial charge in [0.25, 0.3) is 5.91 Å². The second-order valence-corrected chi connectivity index (χ2v) is 5.65. The molecule has 0 spiro atoms. The van der Waals surface area contributed by atoms with E-state index in [2.05, 4.69) is 31.4 Å². The van der Waals surface area contributed by atoms with Crippen LogP contribution in [-0.4, -0.2) is 20.7 Å². The smallest absolute Gasteiger partial charge is 0.258 e. The van der Waals surface area contributed by atoms with Crippen LogP contribution in [0, 0.1) is 0 Å². The van der Waals surface area contributed by atoms with Crippen LogP contribution in [0.5, 0.6) is 0 Å². The average Bonchev–Trinajstić information content (AvgIpc) is 2.95. The number of hydrogen-bond acceptors (Lipinski definition) is 3. The Hall–Kier alpha value is -2.47. The summed E-state index contributed by atoms with van der Waals surface area (Å²) in [5, 5.41) is 10.6. The number of carbonyl (C=O) groups excluding carboxylic acids is 1. The lowest BCUT2D eigenvalue weighted by Gasteiger charge is -2.08. The molecule has 110 valence electrons. The lowest BCUT2D eigenvalue weighted by molar-refractivity contribution is 0.102. The van der Waals surface area contributed by atoms with Crippen LogP contribution in [0.1, 0.15) is 15.9 Å². The topological polar surface area (TPSA) is 59.8 Å². The summed E-state index contributed by atoms with van der Waals surface area (Å²) < 4.78 is 2.65. The van der Waals surface area contributed by atoms with E-state index < -0.39 is 0 Å². The van der Waals surface area contributed by atoms with E-state index in [9.17, 15) is 4.79 Å². The van der Waals surface area contributed by atoms with Crippen LogP contribution in [0.2, 0.25) is 0 Å². The summed E-state index contributed by atoms with van der Waals surface area (Å²) in [6.07, 6.45) is 1.60. The van der Waals surface area contributed by atoms with Crippen LogP contribution < -0.4 is 5.32 Å². The highest BCUT2D eigenvalue weighted by Crippen LogP contribution is 2.14. The predicted molar refractivity (Wildman–Crippen MR) is 87.7 cm³/mol.